The fraction of sp³-hybridized carbons (Fsp3) is 0.522. The molecule has 1 fully saturated rings. The third-order valence-electron chi connectivity index (χ3n) is 5.63. The van der Waals surface area contributed by atoms with Crippen molar-refractivity contribution in [1.82, 2.24) is 29.8 Å². The van der Waals surface area contributed by atoms with Crippen molar-refractivity contribution in [2.75, 3.05) is 25.4 Å². The molecule has 182 valence electrons. The van der Waals surface area contributed by atoms with Crippen LogP contribution in [0.5, 0.6) is 0 Å². The molecule has 34 heavy (non-hydrogen) atoms. The highest BCUT2D eigenvalue weighted by Gasteiger charge is 2.19. The summed E-state index contributed by atoms with van der Waals surface area (Å²) in [5.41, 5.74) is 0.438. The Morgan fingerprint density at radius 2 is 2.03 bits per heavy atom. The molecule has 0 unspecified atom stereocenters. The minimum absolute atomic E-state index is 0.0824. The first kappa shape index (κ1) is 24.2. The summed E-state index contributed by atoms with van der Waals surface area (Å²) in [5, 5.41) is 15.3. The standard InChI is InChI=1S/C23H30N6O4S/c1-15(2)12-24-19(30)9-10-28-21(32)17-7-3-4-8-18(17)29-22(28)26-27-23(29)34-14-20(31)25-13-16-6-5-11-33-16/h3-4,7-8,15-16H,5-6,9-14H2,1-2H3,(H,24,30)(H,25,31)/t16-/m1/s1. The Labute approximate surface area is 201 Å². The number of para-hydroxylation sites is 1. The smallest absolute Gasteiger partial charge is 0.262 e. The van der Waals surface area contributed by atoms with Crippen LogP contribution >= 0.6 is 11.8 Å². The van der Waals surface area contributed by atoms with Crippen molar-refractivity contribution < 1.29 is 14.3 Å². The highest BCUT2D eigenvalue weighted by Crippen LogP contribution is 2.21. The normalized spacial score (nSPS) is 15.9. The van der Waals surface area contributed by atoms with E-state index in [0.717, 1.165) is 19.4 Å². The molecular weight excluding hydrogens is 456 g/mol. The Kier molecular flexibility index (Phi) is 7.84. The Morgan fingerprint density at radius 1 is 1.21 bits per heavy atom. The number of thioether (sulfide) groups is 1. The van der Waals surface area contributed by atoms with E-state index in [0.29, 0.717) is 40.8 Å². The number of ether oxygens (including phenoxy) is 1. The van der Waals surface area contributed by atoms with Gasteiger partial charge in [-0.2, -0.15) is 0 Å². The molecule has 2 N–H and O–H groups in total. The predicted octanol–water partition coefficient (Wildman–Crippen LogP) is 1.59. The Hall–Kier alpha value is -2.92. The van der Waals surface area contributed by atoms with Gasteiger partial charge in [-0.1, -0.05) is 37.7 Å². The average molecular weight is 487 g/mol. The van der Waals surface area contributed by atoms with Crippen LogP contribution in [0.1, 0.15) is 33.1 Å². The van der Waals surface area contributed by atoms with Crippen LogP contribution in [-0.4, -0.2) is 62.5 Å². The molecule has 1 aliphatic heterocycles. The summed E-state index contributed by atoms with van der Waals surface area (Å²) in [6.07, 6.45) is 2.22. The molecule has 0 radical (unpaired) electrons. The molecular formula is C23H30N6O4S. The van der Waals surface area contributed by atoms with Crippen LogP contribution in [0.2, 0.25) is 0 Å². The number of nitrogens with one attached hydrogen (secondary N) is 2. The lowest BCUT2D eigenvalue weighted by Crippen LogP contribution is -2.33. The van der Waals surface area contributed by atoms with Crippen LogP contribution < -0.4 is 16.2 Å². The third-order valence-corrected chi connectivity index (χ3v) is 6.56. The number of carbonyl (C=O) groups excluding carboxylic acids is 2. The minimum atomic E-state index is -0.224. The maximum absolute atomic E-state index is 13.2. The lowest BCUT2D eigenvalue weighted by atomic mass is 10.2. The topological polar surface area (TPSA) is 120 Å². The van der Waals surface area contributed by atoms with E-state index in [-0.39, 0.29) is 42.2 Å². The lowest BCUT2D eigenvalue weighted by molar-refractivity contribution is -0.121. The third kappa shape index (κ3) is 5.58. The zero-order valence-corrected chi connectivity index (χ0v) is 20.3. The van der Waals surface area contributed by atoms with Gasteiger partial charge in [0.15, 0.2) is 5.16 Å². The van der Waals surface area contributed by atoms with E-state index in [9.17, 15) is 14.4 Å². The molecule has 10 nitrogen and oxygen atoms in total. The van der Waals surface area contributed by atoms with Crippen LogP contribution in [0.15, 0.2) is 34.2 Å². The molecule has 0 aliphatic carbocycles. The zero-order valence-electron chi connectivity index (χ0n) is 19.5. The zero-order chi connectivity index (χ0) is 24.1. The van der Waals surface area contributed by atoms with E-state index in [1.807, 2.05) is 26.0 Å². The Bertz CT molecular complexity index is 1230. The van der Waals surface area contributed by atoms with Gasteiger partial charge in [-0.3, -0.25) is 23.4 Å². The summed E-state index contributed by atoms with van der Waals surface area (Å²) in [4.78, 5) is 37.8. The number of aryl methyl sites for hydroxylation is 1. The predicted molar refractivity (Wildman–Crippen MR) is 130 cm³/mol. The van der Waals surface area contributed by atoms with Gasteiger partial charge in [-0.25, -0.2) is 0 Å². The average Bonchev–Trinajstić information content (AvgIpc) is 3.50. The molecule has 1 atom stereocenters. The van der Waals surface area contributed by atoms with E-state index in [1.54, 1.807) is 16.5 Å². The van der Waals surface area contributed by atoms with Gasteiger partial charge in [0.2, 0.25) is 17.6 Å². The first-order valence-corrected chi connectivity index (χ1v) is 12.6. The highest BCUT2D eigenvalue weighted by atomic mass is 32.2. The number of carbonyl (C=O) groups is 2. The van der Waals surface area contributed by atoms with Crippen molar-refractivity contribution in [3.05, 3.63) is 34.6 Å². The number of hydrogen-bond donors (Lipinski definition) is 2. The fourth-order valence-corrected chi connectivity index (χ4v) is 4.63. The van der Waals surface area contributed by atoms with Crippen molar-refractivity contribution in [1.29, 1.82) is 0 Å². The summed E-state index contributed by atoms with van der Waals surface area (Å²) in [7, 11) is 0. The van der Waals surface area contributed by atoms with Crippen LogP contribution in [0.25, 0.3) is 16.7 Å². The number of nitrogens with zero attached hydrogens (tertiary/aromatic N) is 4. The SMILES string of the molecule is CC(C)CNC(=O)CCn1c(=O)c2ccccc2n2c(SCC(=O)NC[C@H]3CCCO3)nnc12. The Morgan fingerprint density at radius 3 is 2.79 bits per heavy atom. The van der Waals surface area contributed by atoms with Crippen LogP contribution in [-0.2, 0) is 20.9 Å². The monoisotopic (exact) mass is 486 g/mol. The number of benzene rings is 1. The van der Waals surface area contributed by atoms with Gasteiger partial charge < -0.3 is 15.4 Å². The molecule has 11 heteroatoms. The largest absolute Gasteiger partial charge is 0.376 e. The summed E-state index contributed by atoms with van der Waals surface area (Å²) < 4.78 is 8.80. The van der Waals surface area contributed by atoms with Gasteiger partial charge in [-0.15, -0.1) is 10.2 Å². The van der Waals surface area contributed by atoms with Gasteiger partial charge in [0.05, 0.1) is 22.8 Å². The highest BCUT2D eigenvalue weighted by molar-refractivity contribution is 7.99. The van der Waals surface area contributed by atoms with Crippen LogP contribution in [0.4, 0.5) is 0 Å². The van der Waals surface area contributed by atoms with E-state index < -0.39 is 0 Å². The molecule has 4 rings (SSSR count). The number of hydrogen-bond acceptors (Lipinski definition) is 7. The molecule has 0 saturated carbocycles. The second-order valence-electron chi connectivity index (χ2n) is 8.77. The Balaban J connectivity index is 1.54. The van der Waals surface area contributed by atoms with Gasteiger partial charge >= 0.3 is 0 Å². The van der Waals surface area contributed by atoms with Gasteiger partial charge in [0, 0.05) is 32.7 Å². The van der Waals surface area contributed by atoms with Crippen LogP contribution in [0.3, 0.4) is 0 Å². The van der Waals surface area contributed by atoms with Crippen molar-refractivity contribution >= 4 is 40.3 Å². The minimum Gasteiger partial charge on any atom is -0.376 e. The summed E-state index contributed by atoms with van der Waals surface area (Å²) >= 11 is 1.25. The molecule has 2 aromatic heterocycles. The molecule has 1 aromatic carbocycles. The molecule has 0 bridgehead atoms. The van der Waals surface area contributed by atoms with E-state index in [4.69, 9.17) is 4.74 Å². The lowest BCUT2D eigenvalue weighted by Gasteiger charge is -2.12. The van der Waals surface area contributed by atoms with Crippen molar-refractivity contribution in [2.45, 2.75) is 50.9 Å². The molecule has 3 aromatic rings. The second kappa shape index (κ2) is 11.0. The summed E-state index contributed by atoms with van der Waals surface area (Å²) in [6, 6.07) is 7.21. The van der Waals surface area contributed by atoms with E-state index in [1.165, 1.54) is 16.3 Å². The van der Waals surface area contributed by atoms with Gasteiger partial charge in [-0.05, 0) is 30.9 Å². The first-order valence-electron chi connectivity index (χ1n) is 11.6. The maximum Gasteiger partial charge on any atom is 0.262 e. The second-order valence-corrected chi connectivity index (χ2v) is 9.71. The molecule has 0 spiro atoms. The van der Waals surface area contributed by atoms with Crippen molar-refractivity contribution in [3.8, 4) is 0 Å². The van der Waals surface area contributed by atoms with Gasteiger partial charge in [0.25, 0.3) is 5.56 Å². The number of fused-ring (bicyclic) bond motifs is 3. The summed E-state index contributed by atoms with van der Waals surface area (Å²) in [6.45, 7) is 6.06. The number of aromatic nitrogens is 4. The maximum atomic E-state index is 13.2. The van der Waals surface area contributed by atoms with Crippen LogP contribution in [0, 0.1) is 5.92 Å². The number of amides is 2. The van der Waals surface area contributed by atoms with Crippen molar-refractivity contribution in [2.24, 2.45) is 5.92 Å². The van der Waals surface area contributed by atoms with Crippen molar-refractivity contribution in [3.63, 3.8) is 0 Å². The fourth-order valence-electron chi connectivity index (χ4n) is 3.86. The molecule has 1 aliphatic rings. The number of rotatable bonds is 10. The molecule has 3 heterocycles. The molecule has 1 saturated heterocycles. The van der Waals surface area contributed by atoms with E-state index >= 15 is 0 Å². The quantitative estimate of drug-likeness (QED) is 0.418. The molecule has 2 amide bonds. The first-order chi connectivity index (χ1) is 16.4. The van der Waals surface area contributed by atoms with Gasteiger partial charge in [0.1, 0.15) is 0 Å². The van der Waals surface area contributed by atoms with E-state index in [2.05, 4.69) is 20.8 Å². The summed E-state index contributed by atoms with van der Waals surface area (Å²) in [5.74, 6) is 0.625.